The highest BCUT2D eigenvalue weighted by Gasteiger charge is 2.41. The van der Waals surface area contributed by atoms with E-state index < -0.39 is 48.1 Å². The zero-order chi connectivity index (χ0) is 32.5. The Bertz CT molecular complexity index is 1590. The van der Waals surface area contributed by atoms with Crippen molar-refractivity contribution in [2.45, 2.75) is 31.7 Å². The number of amides is 1. The summed E-state index contributed by atoms with van der Waals surface area (Å²) in [5.41, 5.74) is 12.2. The predicted octanol–water partition coefficient (Wildman–Crippen LogP) is 0.103. The van der Waals surface area contributed by atoms with Crippen LogP contribution in [0, 0.1) is 11.8 Å². The lowest BCUT2D eigenvalue weighted by Crippen LogP contribution is -2.29. The van der Waals surface area contributed by atoms with Gasteiger partial charge in [0.05, 0.1) is 24.9 Å². The number of benzene rings is 1. The molecule has 3 rings (SSSR count). The van der Waals surface area contributed by atoms with E-state index in [4.69, 9.17) is 30.7 Å². The minimum absolute atomic E-state index is 0.0256. The number of anilines is 1. The second-order valence-corrected chi connectivity index (χ2v) is 13.3. The molecule has 0 spiro atoms. The molecule has 1 aliphatic heterocycles. The summed E-state index contributed by atoms with van der Waals surface area (Å²) in [5, 5.41) is 2.71. The first kappa shape index (κ1) is 35.7. The number of phosphoric acid groups is 3. The summed E-state index contributed by atoms with van der Waals surface area (Å²) in [6.07, 6.45) is -0.0836. The minimum Gasteiger partial charge on any atom is -0.382 e. The molecule has 1 aromatic heterocycles. The van der Waals surface area contributed by atoms with E-state index in [9.17, 15) is 33.1 Å². The third-order valence-corrected chi connectivity index (χ3v) is 9.40. The second-order valence-electron chi connectivity index (χ2n) is 8.92. The normalized spacial score (nSPS) is 19.4. The monoisotopic (exact) mass is 681 g/mol. The van der Waals surface area contributed by atoms with Gasteiger partial charge in [0.2, 0.25) is 0 Å². The van der Waals surface area contributed by atoms with Gasteiger partial charge in [-0.05, 0) is 30.5 Å². The van der Waals surface area contributed by atoms with Crippen molar-refractivity contribution in [3.8, 4) is 11.8 Å². The second kappa shape index (κ2) is 15.5. The molecule has 4 atom stereocenters. The smallest absolute Gasteiger partial charge is 0.382 e. The predicted molar refractivity (Wildman–Crippen MR) is 150 cm³/mol. The number of nitrogen functional groups attached to an aromatic ring is 1. The molecule has 1 amide bonds. The number of rotatable bonds is 14. The zero-order valence-electron chi connectivity index (χ0n) is 22.8. The molecular weight excluding hydrogens is 651 g/mol. The molecule has 2 heterocycles. The van der Waals surface area contributed by atoms with Crippen molar-refractivity contribution >= 4 is 35.2 Å². The van der Waals surface area contributed by atoms with Crippen molar-refractivity contribution in [1.82, 2.24) is 14.9 Å². The summed E-state index contributed by atoms with van der Waals surface area (Å²) in [5.74, 6) is 5.04. The average molecular weight is 681 g/mol. The van der Waals surface area contributed by atoms with Gasteiger partial charge in [-0.25, -0.2) is 18.5 Å². The molecule has 44 heavy (non-hydrogen) atoms. The van der Waals surface area contributed by atoms with Gasteiger partial charge in [0, 0.05) is 24.8 Å². The van der Waals surface area contributed by atoms with E-state index in [0.29, 0.717) is 12.1 Å². The molecule has 22 heteroatoms. The lowest BCUT2D eigenvalue weighted by molar-refractivity contribution is -0.0242. The fourth-order valence-corrected chi connectivity index (χ4v) is 6.71. The summed E-state index contributed by atoms with van der Waals surface area (Å²) < 4.78 is 58.1. The number of hydrogen-bond acceptors (Lipinski definition) is 13. The number of ether oxygens (including phenoxy) is 2. The van der Waals surface area contributed by atoms with Gasteiger partial charge in [-0.15, -0.1) is 0 Å². The highest BCUT2D eigenvalue weighted by atomic mass is 31.3. The Morgan fingerprint density at radius 3 is 2.48 bits per heavy atom. The molecular formula is C22H30N5O14P3. The highest BCUT2D eigenvalue weighted by Crippen LogP contribution is 2.66. The molecule has 1 aromatic carbocycles. The highest BCUT2D eigenvalue weighted by molar-refractivity contribution is 7.66. The maximum atomic E-state index is 12.4. The molecule has 0 bridgehead atoms. The molecule has 0 radical (unpaired) electrons. The first-order valence-electron chi connectivity index (χ1n) is 12.5. The average Bonchev–Trinajstić information content (AvgIpc) is 3.39. The lowest BCUT2D eigenvalue weighted by Gasteiger charge is -2.19. The van der Waals surface area contributed by atoms with E-state index in [0.717, 1.165) is 10.1 Å². The number of nitrogens with two attached hydrogens (primary N) is 2. The van der Waals surface area contributed by atoms with Crippen LogP contribution in [0.2, 0.25) is 0 Å². The van der Waals surface area contributed by atoms with Gasteiger partial charge in [-0.3, -0.25) is 13.9 Å². The lowest BCUT2D eigenvalue weighted by atomic mass is 10.1. The molecule has 0 saturated carbocycles. The van der Waals surface area contributed by atoms with Crippen LogP contribution in [0.5, 0.6) is 0 Å². The van der Waals surface area contributed by atoms with Crippen LogP contribution in [0.3, 0.4) is 0 Å². The first-order valence-corrected chi connectivity index (χ1v) is 17.1. The summed E-state index contributed by atoms with van der Waals surface area (Å²) >= 11 is 0. The van der Waals surface area contributed by atoms with Gasteiger partial charge in [-0.1, -0.05) is 24.0 Å². The Balaban J connectivity index is 1.48. The van der Waals surface area contributed by atoms with Crippen molar-refractivity contribution in [3.05, 3.63) is 57.6 Å². The number of phosphoric ester groups is 1. The first-order chi connectivity index (χ1) is 20.6. The van der Waals surface area contributed by atoms with Crippen LogP contribution in [-0.2, 0) is 42.9 Å². The Morgan fingerprint density at radius 1 is 1.11 bits per heavy atom. The molecule has 1 fully saturated rings. The van der Waals surface area contributed by atoms with E-state index in [1.165, 1.54) is 6.20 Å². The van der Waals surface area contributed by atoms with E-state index in [1.54, 1.807) is 24.3 Å². The number of hydrogen-bond donors (Lipinski definition) is 7. The minimum atomic E-state index is -5.66. The molecule has 0 aliphatic carbocycles. The van der Waals surface area contributed by atoms with Gasteiger partial charge < -0.3 is 45.8 Å². The van der Waals surface area contributed by atoms with Crippen molar-refractivity contribution in [2.24, 2.45) is 5.73 Å². The van der Waals surface area contributed by atoms with E-state index in [2.05, 4.69) is 35.3 Å². The van der Waals surface area contributed by atoms with Crippen LogP contribution in [0.4, 0.5) is 5.82 Å². The van der Waals surface area contributed by atoms with Crippen LogP contribution in [0.1, 0.15) is 40.6 Å². The van der Waals surface area contributed by atoms with Crippen LogP contribution in [-0.4, -0.2) is 67.5 Å². The largest absolute Gasteiger partial charge is 0.490 e. The molecule has 9 N–H and O–H groups in total. The third-order valence-electron chi connectivity index (χ3n) is 5.60. The quantitative estimate of drug-likeness (QED) is 0.0790. The van der Waals surface area contributed by atoms with Crippen LogP contribution in [0.25, 0.3) is 0 Å². The summed E-state index contributed by atoms with van der Waals surface area (Å²) in [6.45, 7) is 0.0913. The summed E-state index contributed by atoms with van der Waals surface area (Å²) in [6, 6.07) is 6.87. The molecule has 1 aliphatic rings. The Hall–Kier alpha value is -2.78. The number of nitrogens with one attached hydrogen (secondary N) is 1. The zero-order valence-corrected chi connectivity index (χ0v) is 25.4. The SMILES string of the molecule is NCc1ccc(C(=O)NCCOCC#Cc2cn([C@H]3CC[C@@H](COP(=O)(O)OP(=O)(O)OP(=O)(O)O)O3)c(=O)nc2N)cc1. The molecule has 242 valence electrons. The number of carbonyl (C=O) groups excluding carboxylic acids is 1. The van der Waals surface area contributed by atoms with Gasteiger partial charge >= 0.3 is 29.2 Å². The van der Waals surface area contributed by atoms with Crippen molar-refractivity contribution in [1.29, 1.82) is 0 Å². The van der Waals surface area contributed by atoms with Crippen LogP contribution in [0.15, 0.2) is 35.3 Å². The molecule has 1 saturated heterocycles. The number of aromatic nitrogens is 2. The van der Waals surface area contributed by atoms with Crippen molar-refractivity contribution in [3.63, 3.8) is 0 Å². The maximum Gasteiger partial charge on any atom is 0.490 e. The van der Waals surface area contributed by atoms with Crippen molar-refractivity contribution < 1.29 is 60.7 Å². The fraction of sp³-hybridized carbons (Fsp3) is 0.409. The van der Waals surface area contributed by atoms with E-state index >= 15 is 0 Å². The number of nitrogens with zero attached hydrogens (tertiary/aromatic N) is 2. The van der Waals surface area contributed by atoms with Gasteiger partial charge in [0.15, 0.2) is 0 Å². The summed E-state index contributed by atoms with van der Waals surface area (Å²) in [4.78, 5) is 64.3. The molecule has 19 nitrogen and oxygen atoms in total. The topological polar surface area (TPSA) is 294 Å². The van der Waals surface area contributed by atoms with Crippen LogP contribution >= 0.6 is 23.5 Å². The standard InChI is InChI=1S/C22H30N5O14P3/c23-12-15-3-5-16(6-4-15)21(28)25-9-11-37-10-1-2-17-13-27(22(29)26-20(17)24)19-8-7-18(39-19)14-38-43(33,34)41-44(35,36)40-42(30,31)32/h3-6,13,18-19H,7-12,14,23H2,(H,25,28)(H,33,34)(H,35,36)(H2,24,26,29)(H2,30,31,32)/t18-,19+/m0/s1. The summed E-state index contributed by atoms with van der Waals surface area (Å²) in [7, 11) is -16.5. The van der Waals surface area contributed by atoms with Gasteiger partial charge in [-0.2, -0.15) is 13.6 Å². The third kappa shape index (κ3) is 11.6. The fourth-order valence-electron chi connectivity index (χ4n) is 3.66. The van der Waals surface area contributed by atoms with E-state index in [-0.39, 0.29) is 49.9 Å². The van der Waals surface area contributed by atoms with Crippen LogP contribution < -0.4 is 22.5 Å². The molecule has 2 unspecified atom stereocenters. The Labute approximate surface area is 249 Å². The number of carbonyl (C=O) groups is 1. The Morgan fingerprint density at radius 2 is 1.82 bits per heavy atom. The van der Waals surface area contributed by atoms with Gasteiger partial charge in [0.1, 0.15) is 18.7 Å². The van der Waals surface area contributed by atoms with E-state index in [1.807, 2.05) is 0 Å². The van der Waals surface area contributed by atoms with Gasteiger partial charge in [0.25, 0.3) is 5.91 Å². The maximum absolute atomic E-state index is 12.4. The molecule has 2 aromatic rings. The Kier molecular flexibility index (Phi) is 12.6. The van der Waals surface area contributed by atoms with Crippen molar-refractivity contribution in [2.75, 3.05) is 32.1 Å².